The van der Waals surface area contributed by atoms with Gasteiger partial charge in [0.15, 0.2) is 24.0 Å². The highest BCUT2D eigenvalue weighted by molar-refractivity contribution is 7.98. The molecule has 0 bridgehead atoms. The highest BCUT2D eigenvalue weighted by Crippen LogP contribution is 2.10. The molecule has 0 aliphatic rings. The summed E-state index contributed by atoms with van der Waals surface area (Å²) in [5.74, 6) is -3.53. The molecule has 5 nitrogen and oxygen atoms in total. The molecule has 0 unspecified atom stereocenters. The Hall–Kier alpha value is -2.74. The number of ether oxygens (including phenoxy) is 1. The Morgan fingerprint density at radius 1 is 1.04 bits per heavy atom. The lowest BCUT2D eigenvalue weighted by Gasteiger charge is -2.17. The molecule has 0 aromatic heterocycles. The Balaban J connectivity index is 1.98. The molecule has 2 rings (SSSR count). The molecule has 28 heavy (non-hydrogen) atoms. The summed E-state index contributed by atoms with van der Waals surface area (Å²) in [4.78, 5) is 36.7. The standard InChI is InChI=1S/C20H19F2NO4S/c1-28-10-9-17(23-19(25)13-5-3-2-4-6-13)20(26)27-12-18(24)14-7-8-15(21)16(22)11-14/h2-8,11,17H,9-10,12H2,1H3,(H,23,25)/t17-/m1/s1. The van der Waals surface area contributed by atoms with E-state index in [1.165, 1.54) is 11.8 Å². The van der Waals surface area contributed by atoms with E-state index in [9.17, 15) is 23.2 Å². The molecule has 2 aromatic carbocycles. The van der Waals surface area contributed by atoms with E-state index in [4.69, 9.17) is 4.74 Å². The number of halogens is 2. The Kier molecular flexibility index (Phi) is 8.13. The number of hydrogen-bond donors (Lipinski definition) is 1. The van der Waals surface area contributed by atoms with Crippen molar-refractivity contribution in [2.75, 3.05) is 18.6 Å². The third kappa shape index (κ3) is 6.16. The van der Waals surface area contributed by atoms with Gasteiger partial charge in [0.25, 0.3) is 5.91 Å². The van der Waals surface area contributed by atoms with Crippen LogP contribution >= 0.6 is 11.8 Å². The van der Waals surface area contributed by atoms with Gasteiger partial charge in [-0.05, 0) is 48.8 Å². The van der Waals surface area contributed by atoms with Crippen molar-refractivity contribution in [3.8, 4) is 0 Å². The van der Waals surface area contributed by atoms with Crippen LogP contribution in [0.3, 0.4) is 0 Å². The van der Waals surface area contributed by atoms with Crippen LogP contribution in [0.25, 0.3) is 0 Å². The zero-order valence-corrected chi connectivity index (χ0v) is 15.9. The van der Waals surface area contributed by atoms with Crippen LogP contribution in [0.1, 0.15) is 27.1 Å². The van der Waals surface area contributed by atoms with Crippen molar-refractivity contribution in [1.29, 1.82) is 0 Å². The molecule has 0 saturated heterocycles. The summed E-state index contributed by atoms with van der Waals surface area (Å²) in [5, 5.41) is 2.60. The lowest BCUT2D eigenvalue weighted by molar-refractivity contribution is -0.144. The Bertz CT molecular complexity index is 845. The normalized spacial score (nSPS) is 11.5. The first-order chi connectivity index (χ1) is 13.4. The van der Waals surface area contributed by atoms with Crippen molar-refractivity contribution in [2.24, 2.45) is 0 Å². The maximum absolute atomic E-state index is 13.2. The second-order valence-electron chi connectivity index (χ2n) is 5.83. The predicted molar refractivity (Wildman–Crippen MR) is 102 cm³/mol. The molecule has 1 amide bonds. The van der Waals surface area contributed by atoms with E-state index in [1.807, 2.05) is 6.26 Å². The van der Waals surface area contributed by atoms with Gasteiger partial charge in [-0.15, -0.1) is 0 Å². The minimum Gasteiger partial charge on any atom is -0.456 e. The van der Waals surface area contributed by atoms with Gasteiger partial charge in [-0.3, -0.25) is 9.59 Å². The van der Waals surface area contributed by atoms with E-state index in [0.717, 1.165) is 18.2 Å². The monoisotopic (exact) mass is 407 g/mol. The van der Waals surface area contributed by atoms with Gasteiger partial charge >= 0.3 is 5.97 Å². The Labute approximate surface area is 165 Å². The number of carbonyl (C=O) groups is 3. The van der Waals surface area contributed by atoms with E-state index in [1.54, 1.807) is 30.3 Å². The van der Waals surface area contributed by atoms with E-state index >= 15 is 0 Å². The van der Waals surface area contributed by atoms with Gasteiger partial charge in [0.2, 0.25) is 0 Å². The molecular formula is C20H19F2NO4S. The first-order valence-corrected chi connectivity index (χ1v) is 9.81. The fourth-order valence-corrected chi connectivity index (χ4v) is 2.78. The third-order valence-electron chi connectivity index (χ3n) is 3.82. The van der Waals surface area contributed by atoms with Gasteiger partial charge in [0.1, 0.15) is 6.04 Å². The first-order valence-electron chi connectivity index (χ1n) is 8.42. The zero-order valence-electron chi connectivity index (χ0n) is 15.1. The average molecular weight is 407 g/mol. The minimum atomic E-state index is -1.16. The van der Waals surface area contributed by atoms with Crippen molar-refractivity contribution in [3.63, 3.8) is 0 Å². The summed E-state index contributed by atoms with van der Waals surface area (Å²) in [6, 6.07) is 10.1. The number of amides is 1. The van der Waals surface area contributed by atoms with Crippen molar-refractivity contribution in [1.82, 2.24) is 5.32 Å². The van der Waals surface area contributed by atoms with Gasteiger partial charge in [-0.1, -0.05) is 18.2 Å². The number of Topliss-reactive ketones (excluding diaryl/α,β-unsaturated/α-hetero) is 1. The molecule has 0 heterocycles. The average Bonchev–Trinajstić information content (AvgIpc) is 2.71. The van der Waals surface area contributed by atoms with E-state index in [0.29, 0.717) is 17.7 Å². The van der Waals surface area contributed by atoms with Gasteiger partial charge in [0.05, 0.1) is 0 Å². The fourth-order valence-electron chi connectivity index (χ4n) is 2.31. The van der Waals surface area contributed by atoms with Crippen molar-refractivity contribution in [2.45, 2.75) is 12.5 Å². The van der Waals surface area contributed by atoms with Crippen LogP contribution in [0.15, 0.2) is 48.5 Å². The number of ketones is 1. The topological polar surface area (TPSA) is 72.5 Å². The van der Waals surface area contributed by atoms with Crippen molar-refractivity contribution in [3.05, 3.63) is 71.3 Å². The molecule has 0 radical (unpaired) electrons. The number of rotatable bonds is 9. The smallest absolute Gasteiger partial charge is 0.329 e. The van der Waals surface area contributed by atoms with Crippen LogP contribution in [0.2, 0.25) is 0 Å². The SMILES string of the molecule is CSCC[C@@H](NC(=O)c1ccccc1)C(=O)OCC(=O)c1ccc(F)c(F)c1. The van der Waals surface area contributed by atoms with Gasteiger partial charge in [0, 0.05) is 11.1 Å². The second kappa shape index (κ2) is 10.6. The molecule has 0 aliphatic carbocycles. The summed E-state index contributed by atoms with van der Waals surface area (Å²) in [5.41, 5.74) is 0.281. The molecule has 0 spiro atoms. The second-order valence-corrected chi connectivity index (χ2v) is 6.82. The molecule has 1 atom stereocenters. The number of nitrogens with one attached hydrogen (secondary N) is 1. The van der Waals surface area contributed by atoms with E-state index < -0.39 is 41.9 Å². The third-order valence-corrected chi connectivity index (χ3v) is 4.47. The molecule has 0 saturated carbocycles. The largest absolute Gasteiger partial charge is 0.456 e. The van der Waals surface area contributed by atoms with Crippen LogP contribution in [0, 0.1) is 11.6 Å². The molecule has 8 heteroatoms. The fraction of sp³-hybridized carbons (Fsp3) is 0.250. The maximum atomic E-state index is 13.2. The number of carbonyl (C=O) groups excluding carboxylic acids is 3. The lowest BCUT2D eigenvalue weighted by Crippen LogP contribution is -2.42. The van der Waals surface area contributed by atoms with Gasteiger partial charge in [-0.2, -0.15) is 11.8 Å². The Morgan fingerprint density at radius 2 is 1.75 bits per heavy atom. The molecule has 0 aliphatic heterocycles. The molecular weight excluding hydrogens is 388 g/mol. The number of esters is 1. The summed E-state index contributed by atoms with van der Waals surface area (Å²) >= 11 is 1.49. The number of thioether (sulfide) groups is 1. The van der Waals surface area contributed by atoms with Crippen molar-refractivity contribution < 1.29 is 27.9 Å². The zero-order chi connectivity index (χ0) is 20.5. The lowest BCUT2D eigenvalue weighted by atomic mass is 10.1. The summed E-state index contributed by atoms with van der Waals surface area (Å²) in [6.07, 6.45) is 2.17. The molecule has 148 valence electrons. The van der Waals surface area contributed by atoms with Crippen molar-refractivity contribution >= 4 is 29.4 Å². The van der Waals surface area contributed by atoms with E-state index in [2.05, 4.69) is 5.32 Å². The minimum absolute atomic E-state index is 0.110. The van der Waals surface area contributed by atoms with Crippen LogP contribution in [0.4, 0.5) is 8.78 Å². The van der Waals surface area contributed by atoms with Gasteiger partial charge in [-0.25, -0.2) is 13.6 Å². The maximum Gasteiger partial charge on any atom is 0.329 e. The quantitative estimate of drug-likeness (QED) is 0.510. The predicted octanol–water partition coefficient (Wildman–Crippen LogP) is 3.24. The van der Waals surface area contributed by atoms with E-state index in [-0.39, 0.29) is 5.56 Å². The van der Waals surface area contributed by atoms with Crippen LogP contribution in [0.5, 0.6) is 0 Å². The number of hydrogen-bond acceptors (Lipinski definition) is 5. The van der Waals surface area contributed by atoms with Crippen LogP contribution < -0.4 is 5.32 Å². The molecule has 1 N–H and O–H groups in total. The summed E-state index contributed by atoms with van der Waals surface area (Å²) < 4.78 is 31.2. The Morgan fingerprint density at radius 3 is 2.39 bits per heavy atom. The van der Waals surface area contributed by atoms with Gasteiger partial charge < -0.3 is 10.1 Å². The molecule has 0 fully saturated rings. The number of benzene rings is 2. The first kappa shape index (κ1) is 21.6. The van der Waals surface area contributed by atoms with Crippen LogP contribution in [-0.4, -0.2) is 42.3 Å². The van der Waals surface area contributed by atoms with Crippen LogP contribution in [-0.2, 0) is 9.53 Å². The summed E-state index contributed by atoms with van der Waals surface area (Å²) in [6.45, 7) is -0.638. The highest BCUT2D eigenvalue weighted by Gasteiger charge is 2.23. The highest BCUT2D eigenvalue weighted by atomic mass is 32.2. The molecule has 2 aromatic rings. The summed E-state index contributed by atoms with van der Waals surface area (Å²) in [7, 11) is 0.